The summed E-state index contributed by atoms with van der Waals surface area (Å²) < 4.78 is 0. The molecule has 5 heteroatoms. The molecule has 2 N–H and O–H groups in total. The molecule has 20 heavy (non-hydrogen) atoms. The smallest absolute Gasteiger partial charge is 0.251 e. The van der Waals surface area contributed by atoms with Gasteiger partial charge >= 0.3 is 0 Å². The van der Waals surface area contributed by atoms with Gasteiger partial charge in [-0.2, -0.15) is 0 Å². The summed E-state index contributed by atoms with van der Waals surface area (Å²) in [5, 5.41) is 7.30. The maximum atomic E-state index is 12.1. The topological polar surface area (TPSA) is 41.1 Å². The van der Waals surface area contributed by atoms with Crippen LogP contribution in [0, 0.1) is 5.41 Å². The fraction of sp³-hybridized carbons (Fsp3) is 0.533. The lowest BCUT2D eigenvalue weighted by Crippen LogP contribution is -2.52. The summed E-state index contributed by atoms with van der Waals surface area (Å²) >= 11 is 11.8. The largest absolute Gasteiger partial charge is 0.350 e. The highest BCUT2D eigenvalue weighted by Gasteiger charge is 2.31. The van der Waals surface area contributed by atoms with Crippen LogP contribution in [0.2, 0.25) is 10.0 Å². The van der Waals surface area contributed by atoms with Crippen LogP contribution < -0.4 is 10.6 Å². The van der Waals surface area contributed by atoms with Crippen LogP contribution in [-0.2, 0) is 0 Å². The molecule has 1 amide bonds. The molecule has 1 aromatic carbocycles. The minimum Gasteiger partial charge on any atom is -0.350 e. The van der Waals surface area contributed by atoms with Crippen molar-refractivity contribution < 1.29 is 4.79 Å². The molecule has 0 spiro atoms. The number of hydrogen-bond donors (Lipinski definition) is 2. The number of piperidine rings is 1. The Morgan fingerprint density at radius 2 is 2.15 bits per heavy atom. The first-order valence-corrected chi connectivity index (χ1v) is 7.62. The van der Waals surface area contributed by atoms with Crippen LogP contribution >= 0.6 is 23.2 Å². The lowest BCUT2D eigenvalue weighted by Gasteiger charge is -2.39. The summed E-state index contributed by atoms with van der Waals surface area (Å²) in [6, 6.07) is 5.21. The van der Waals surface area contributed by atoms with Crippen molar-refractivity contribution in [1.82, 2.24) is 10.6 Å². The van der Waals surface area contributed by atoms with E-state index in [9.17, 15) is 4.79 Å². The summed E-state index contributed by atoms with van der Waals surface area (Å²) in [7, 11) is 0. The molecule has 1 unspecified atom stereocenters. The van der Waals surface area contributed by atoms with E-state index in [1.165, 1.54) is 12.8 Å². The van der Waals surface area contributed by atoms with E-state index in [1.807, 2.05) is 0 Å². The van der Waals surface area contributed by atoms with Crippen molar-refractivity contribution in [2.24, 2.45) is 5.41 Å². The maximum absolute atomic E-state index is 12.1. The number of benzene rings is 1. The normalized spacial score (nSPS) is 21.5. The summed E-state index contributed by atoms with van der Waals surface area (Å²) in [6.07, 6.45) is 2.36. The van der Waals surface area contributed by atoms with Gasteiger partial charge in [-0.15, -0.1) is 0 Å². The SMILES string of the molecule is CC1(C)CCCNC1CNC(=O)c1ccc(Cl)c(Cl)c1. The molecule has 0 aromatic heterocycles. The molecule has 1 heterocycles. The van der Waals surface area contributed by atoms with Gasteiger partial charge in [0.25, 0.3) is 5.91 Å². The van der Waals surface area contributed by atoms with Gasteiger partial charge in [-0.1, -0.05) is 37.0 Å². The van der Waals surface area contributed by atoms with Crippen molar-refractivity contribution in [2.45, 2.75) is 32.7 Å². The standard InChI is InChI=1S/C15H20Cl2N2O/c1-15(2)6-3-7-18-13(15)9-19-14(20)10-4-5-11(16)12(17)8-10/h4-5,8,13,18H,3,6-7,9H2,1-2H3,(H,19,20). The molecule has 2 rings (SSSR count). The van der Waals surface area contributed by atoms with Crippen molar-refractivity contribution in [2.75, 3.05) is 13.1 Å². The van der Waals surface area contributed by atoms with Crippen LogP contribution in [0.25, 0.3) is 0 Å². The number of carbonyl (C=O) groups excluding carboxylic acids is 1. The van der Waals surface area contributed by atoms with E-state index in [4.69, 9.17) is 23.2 Å². The van der Waals surface area contributed by atoms with E-state index in [0.717, 1.165) is 6.54 Å². The van der Waals surface area contributed by atoms with Gasteiger partial charge in [-0.3, -0.25) is 4.79 Å². The Labute approximate surface area is 130 Å². The van der Waals surface area contributed by atoms with Gasteiger partial charge in [0.05, 0.1) is 10.0 Å². The number of rotatable bonds is 3. The van der Waals surface area contributed by atoms with E-state index >= 15 is 0 Å². The Hall–Kier alpha value is -0.770. The molecular formula is C15H20Cl2N2O. The van der Waals surface area contributed by atoms with Crippen LogP contribution in [0.3, 0.4) is 0 Å². The predicted molar refractivity (Wildman–Crippen MR) is 83.6 cm³/mol. The van der Waals surface area contributed by atoms with Crippen molar-refractivity contribution in [1.29, 1.82) is 0 Å². The number of carbonyl (C=O) groups is 1. The molecule has 1 saturated heterocycles. The van der Waals surface area contributed by atoms with Crippen molar-refractivity contribution >= 4 is 29.1 Å². The second-order valence-corrected chi connectivity index (χ2v) is 6.75. The zero-order chi connectivity index (χ0) is 14.8. The molecule has 3 nitrogen and oxygen atoms in total. The van der Waals surface area contributed by atoms with Crippen LogP contribution in [-0.4, -0.2) is 25.0 Å². The van der Waals surface area contributed by atoms with Gasteiger partial charge in [0, 0.05) is 18.2 Å². The number of nitrogens with one attached hydrogen (secondary N) is 2. The Balaban J connectivity index is 1.96. The van der Waals surface area contributed by atoms with Gasteiger partial charge in [-0.05, 0) is 43.0 Å². The highest BCUT2D eigenvalue weighted by Crippen LogP contribution is 2.29. The first kappa shape index (κ1) is 15.6. The molecule has 1 aliphatic heterocycles. The van der Waals surface area contributed by atoms with Gasteiger partial charge < -0.3 is 10.6 Å². The van der Waals surface area contributed by atoms with E-state index in [2.05, 4.69) is 24.5 Å². The van der Waals surface area contributed by atoms with Gasteiger partial charge in [0.2, 0.25) is 0 Å². The monoisotopic (exact) mass is 314 g/mol. The fourth-order valence-electron chi connectivity index (χ4n) is 2.55. The summed E-state index contributed by atoms with van der Waals surface area (Å²) in [5.74, 6) is -0.119. The molecule has 0 bridgehead atoms. The third kappa shape index (κ3) is 3.66. The highest BCUT2D eigenvalue weighted by atomic mass is 35.5. The van der Waals surface area contributed by atoms with E-state index in [1.54, 1.807) is 18.2 Å². The molecule has 0 saturated carbocycles. The highest BCUT2D eigenvalue weighted by molar-refractivity contribution is 6.42. The zero-order valence-electron chi connectivity index (χ0n) is 11.8. The molecule has 110 valence electrons. The molecule has 1 atom stereocenters. The molecule has 0 aliphatic carbocycles. The van der Waals surface area contributed by atoms with Crippen molar-refractivity contribution in [3.8, 4) is 0 Å². The maximum Gasteiger partial charge on any atom is 0.251 e. The fourth-order valence-corrected chi connectivity index (χ4v) is 2.85. The van der Waals surface area contributed by atoms with Crippen molar-refractivity contribution in [3.05, 3.63) is 33.8 Å². The second-order valence-electron chi connectivity index (χ2n) is 5.94. The average molecular weight is 315 g/mol. The first-order valence-electron chi connectivity index (χ1n) is 6.87. The second kappa shape index (κ2) is 6.33. The third-order valence-electron chi connectivity index (χ3n) is 3.98. The van der Waals surface area contributed by atoms with E-state index < -0.39 is 0 Å². The van der Waals surface area contributed by atoms with Gasteiger partial charge in [0.1, 0.15) is 0 Å². The number of hydrogen-bond acceptors (Lipinski definition) is 2. The van der Waals surface area contributed by atoms with Crippen LogP contribution in [0.5, 0.6) is 0 Å². The molecule has 1 aliphatic rings. The average Bonchev–Trinajstić information content (AvgIpc) is 2.40. The summed E-state index contributed by atoms with van der Waals surface area (Å²) in [5.41, 5.74) is 0.733. The third-order valence-corrected chi connectivity index (χ3v) is 4.72. The van der Waals surface area contributed by atoms with Gasteiger partial charge in [0.15, 0.2) is 0 Å². The molecule has 0 radical (unpaired) electrons. The van der Waals surface area contributed by atoms with Crippen LogP contribution in [0.15, 0.2) is 18.2 Å². The zero-order valence-corrected chi connectivity index (χ0v) is 13.3. The lowest BCUT2D eigenvalue weighted by atomic mass is 9.77. The summed E-state index contributed by atoms with van der Waals surface area (Å²) in [4.78, 5) is 12.1. The summed E-state index contributed by atoms with van der Waals surface area (Å²) in [6.45, 7) is 6.09. The lowest BCUT2D eigenvalue weighted by molar-refractivity contribution is 0.0929. The predicted octanol–water partition coefficient (Wildman–Crippen LogP) is 3.50. The minimum absolute atomic E-state index is 0.119. The van der Waals surface area contributed by atoms with Crippen LogP contribution in [0.4, 0.5) is 0 Å². The quantitative estimate of drug-likeness (QED) is 0.896. The van der Waals surface area contributed by atoms with E-state index in [0.29, 0.717) is 28.2 Å². The molecular weight excluding hydrogens is 295 g/mol. The first-order chi connectivity index (χ1) is 9.40. The van der Waals surface area contributed by atoms with Gasteiger partial charge in [-0.25, -0.2) is 0 Å². The molecule has 1 fully saturated rings. The molecule has 1 aromatic rings. The van der Waals surface area contributed by atoms with Crippen molar-refractivity contribution in [3.63, 3.8) is 0 Å². The Morgan fingerprint density at radius 3 is 2.80 bits per heavy atom. The van der Waals surface area contributed by atoms with Crippen LogP contribution in [0.1, 0.15) is 37.0 Å². The minimum atomic E-state index is -0.119. The Bertz CT molecular complexity index is 503. The Morgan fingerprint density at radius 1 is 1.40 bits per heavy atom. The number of amides is 1. The Kier molecular flexibility index (Phi) is 4.95. The number of halogens is 2. The van der Waals surface area contributed by atoms with E-state index in [-0.39, 0.29) is 11.3 Å².